The topological polar surface area (TPSA) is 84.0 Å². The van der Waals surface area contributed by atoms with Crippen LogP contribution in [0.2, 0.25) is 0 Å². The van der Waals surface area contributed by atoms with Crippen LogP contribution >= 0.6 is 0 Å². The second-order valence-electron chi connectivity index (χ2n) is 9.09. The Kier molecular flexibility index (Phi) is 4.52. The molecule has 3 aliphatic heterocycles. The van der Waals surface area contributed by atoms with Gasteiger partial charge in [-0.05, 0) is 43.7 Å². The number of nitrogens with zero attached hydrogens (tertiary/aromatic N) is 1. The van der Waals surface area contributed by atoms with Gasteiger partial charge in [-0.2, -0.15) is 0 Å². The van der Waals surface area contributed by atoms with Gasteiger partial charge in [0.1, 0.15) is 5.41 Å². The quantitative estimate of drug-likeness (QED) is 0.747. The van der Waals surface area contributed by atoms with Crippen LogP contribution in [0.25, 0.3) is 10.9 Å². The molecule has 7 heteroatoms. The lowest BCUT2D eigenvalue weighted by molar-refractivity contribution is -0.166. The van der Waals surface area contributed by atoms with E-state index < -0.39 is 11.5 Å². The van der Waals surface area contributed by atoms with E-state index in [4.69, 9.17) is 14.2 Å². The number of aliphatic hydroxyl groups is 1. The molecule has 1 aromatic heterocycles. The zero-order chi connectivity index (χ0) is 21.2. The number of hydrogen-bond donors (Lipinski definition) is 2. The normalized spacial score (nSPS) is 33.0. The van der Waals surface area contributed by atoms with Crippen LogP contribution in [-0.4, -0.2) is 67.5 Å². The predicted octanol–water partition coefficient (Wildman–Crippen LogP) is 2.24. The Labute approximate surface area is 176 Å². The predicted molar refractivity (Wildman–Crippen MR) is 112 cm³/mol. The van der Waals surface area contributed by atoms with E-state index >= 15 is 0 Å². The van der Waals surface area contributed by atoms with E-state index in [-0.39, 0.29) is 17.9 Å². The van der Waals surface area contributed by atoms with Gasteiger partial charge in [-0.1, -0.05) is 0 Å². The lowest BCUT2D eigenvalue weighted by atomic mass is 9.56. The number of aliphatic hydroxyl groups excluding tert-OH is 1. The molecular formula is C23H30N2O5. The minimum Gasteiger partial charge on any atom is -0.493 e. The highest BCUT2D eigenvalue weighted by Gasteiger charge is 2.63. The van der Waals surface area contributed by atoms with Crippen LogP contribution in [0.4, 0.5) is 0 Å². The van der Waals surface area contributed by atoms with Crippen LogP contribution in [0.3, 0.4) is 0 Å². The number of piperidine rings is 2. The van der Waals surface area contributed by atoms with Crippen molar-refractivity contribution >= 4 is 16.9 Å². The molecule has 30 heavy (non-hydrogen) atoms. The monoisotopic (exact) mass is 414 g/mol. The second kappa shape index (κ2) is 6.89. The maximum Gasteiger partial charge on any atom is 0.319 e. The number of carbonyl (C=O) groups is 1. The molecule has 0 radical (unpaired) electrons. The number of H-pyrrole nitrogens is 1. The van der Waals surface area contributed by atoms with Crippen molar-refractivity contribution in [3.63, 3.8) is 0 Å². The number of carbonyl (C=O) groups excluding carboxylic acids is 1. The summed E-state index contributed by atoms with van der Waals surface area (Å²) in [5.41, 5.74) is 2.23. The fourth-order valence-electron chi connectivity index (χ4n) is 6.61. The minimum atomic E-state index is -0.803. The first-order valence-electron chi connectivity index (χ1n) is 10.7. The van der Waals surface area contributed by atoms with Crippen LogP contribution in [0, 0.1) is 11.8 Å². The lowest BCUT2D eigenvalue weighted by Gasteiger charge is -2.58. The molecule has 4 bridgehead atoms. The molecule has 162 valence electrons. The van der Waals surface area contributed by atoms with Gasteiger partial charge in [-0.3, -0.25) is 9.69 Å². The number of aromatic amines is 1. The Morgan fingerprint density at radius 1 is 1.27 bits per heavy atom. The zero-order valence-corrected chi connectivity index (χ0v) is 18.0. The highest BCUT2D eigenvalue weighted by Crippen LogP contribution is 2.55. The van der Waals surface area contributed by atoms with E-state index in [1.165, 1.54) is 7.11 Å². The summed E-state index contributed by atoms with van der Waals surface area (Å²) < 4.78 is 16.5. The van der Waals surface area contributed by atoms with Crippen LogP contribution in [0.15, 0.2) is 12.1 Å². The van der Waals surface area contributed by atoms with Crippen molar-refractivity contribution < 1.29 is 24.1 Å². The Bertz CT molecular complexity index is 999. The number of esters is 1. The number of nitrogens with one attached hydrogen (secondary N) is 1. The van der Waals surface area contributed by atoms with E-state index in [2.05, 4.69) is 9.88 Å². The van der Waals surface area contributed by atoms with Crippen molar-refractivity contribution in [3.05, 3.63) is 23.4 Å². The van der Waals surface area contributed by atoms with Crippen molar-refractivity contribution in [1.82, 2.24) is 9.88 Å². The minimum absolute atomic E-state index is 0.0398. The fourth-order valence-corrected chi connectivity index (χ4v) is 6.61. The van der Waals surface area contributed by atoms with Gasteiger partial charge in [0.05, 0.1) is 27.4 Å². The standard InChI is InChI=1S/C23H30N2O5/c1-12(26)15-7-13-10-23(22(27)30-4)20-14(5-6-25(11-13)21(15)23)16-8-18(28-2)19(29-3)9-17(16)24-20/h8-9,12-13,15,21,24,26H,5-7,10-11H2,1-4H3/t12-,13+,15?,21-,23+/m0/s1. The number of methoxy groups -OCH3 is 3. The molecule has 2 N–H and O–H groups in total. The zero-order valence-electron chi connectivity index (χ0n) is 18.0. The SMILES string of the molecule is COC(=O)[C@@]12C[C@H]3CC([C@H](C)O)[C@@H]1N(CCc1c2[nH]c2cc(OC)c(OC)cc12)C3. The molecule has 6 atom stereocenters. The molecule has 1 aliphatic carbocycles. The van der Waals surface area contributed by atoms with Crippen molar-refractivity contribution in [2.45, 2.75) is 43.7 Å². The lowest BCUT2D eigenvalue weighted by Crippen LogP contribution is -2.68. The fraction of sp³-hybridized carbons (Fsp3) is 0.609. The van der Waals surface area contributed by atoms with Gasteiger partial charge in [0.2, 0.25) is 0 Å². The number of fused-ring (bicyclic) bond motifs is 4. The Hall–Kier alpha value is -2.25. The van der Waals surface area contributed by atoms with Gasteiger partial charge in [-0.15, -0.1) is 0 Å². The molecular weight excluding hydrogens is 384 g/mol. The van der Waals surface area contributed by atoms with Crippen LogP contribution in [0.1, 0.15) is 31.0 Å². The largest absolute Gasteiger partial charge is 0.493 e. The van der Waals surface area contributed by atoms with E-state index in [0.717, 1.165) is 54.5 Å². The van der Waals surface area contributed by atoms with Crippen molar-refractivity contribution in [2.75, 3.05) is 34.4 Å². The first-order chi connectivity index (χ1) is 14.4. The Morgan fingerprint density at radius 2 is 2.00 bits per heavy atom. The first kappa shape index (κ1) is 19.7. The van der Waals surface area contributed by atoms with E-state index in [9.17, 15) is 9.90 Å². The molecule has 1 saturated carbocycles. The summed E-state index contributed by atoms with van der Waals surface area (Å²) in [6.07, 6.45) is 2.06. The van der Waals surface area contributed by atoms with Crippen LogP contribution in [-0.2, 0) is 21.4 Å². The van der Waals surface area contributed by atoms with Gasteiger partial charge in [-0.25, -0.2) is 0 Å². The van der Waals surface area contributed by atoms with E-state index in [1.54, 1.807) is 14.2 Å². The van der Waals surface area contributed by atoms with Crippen molar-refractivity contribution in [2.24, 2.45) is 11.8 Å². The molecule has 0 spiro atoms. The number of aromatic nitrogens is 1. The summed E-state index contributed by atoms with van der Waals surface area (Å²) in [6.45, 7) is 3.69. The van der Waals surface area contributed by atoms with Crippen molar-refractivity contribution in [3.8, 4) is 11.5 Å². The summed E-state index contributed by atoms with van der Waals surface area (Å²) in [6, 6.07) is 3.87. The third-order valence-corrected chi connectivity index (χ3v) is 7.69. The van der Waals surface area contributed by atoms with Crippen LogP contribution < -0.4 is 9.47 Å². The highest BCUT2D eigenvalue weighted by atomic mass is 16.5. The van der Waals surface area contributed by atoms with E-state index in [0.29, 0.717) is 17.4 Å². The van der Waals surface area contributed by atoms with Crippen molar-refractivity contribution in [1.29, 1.82) is 0 Å². The average Bonchev–Trinajstić information content (AvgIpc) is 3.08. The molecule has 6 rings (SSSR count). The summed E-state index contributed by atoms with van der Waals surface area (Å²) in [5.74, 6) is 1.52. The molecule has 4 heterocycles. The van der Waals surface area contributed by atoms with Gasteiger partial charge in [0.25, 0.3) is 0 Å². The number of benzene rings is 1. The summed E-state index contributed by atoms with van der Waals surface area (Å²) in [7, 11) is 4.73. The number of hydrogen-bond acceptors (Lipinski definition) is 6. The number of rotatable bonds is 4. The maximum atomic E-state index is 13.5. The summed E-state index contributed by atoms with van der Waals surface area (Å²) >= 11 is 0. The first-order valence-corrected chi connectivity index (χ1v) is 10.7. The molecule has 1 aromatic carbocycles. The summed E-state index contributed by atoms with van der Waals surface area (Å²) in [4.78, 5) is 19.5. The molecule has 2 aromatic rings. The number of ether oxygens (including phenoxy) is 3. The van der Waals surface area contributed by atoms with Gasteiger partial charge in [0.15, 0.2) is 11.5 Å². The molecule has 3 fully saturated rings. The molecule has 7 nitrogen and oxygen atoms in total. The Morgan fingerprint density at radius 3 is 2.67 bits per heavy atom. The summed E-state index contributed by atoms with van der Waals surface area (Å²) in [5, 5.41) is 11.7. The third kappa shape index (κ3) is 2.48. The van der Waals surface area contributed by atoms with E-state index in [1.807, 2.05) is 19.1 Å². The second-order valence-corrected chi connectivity index (χ2v) is 9.09. The van der Waals surface area contributed by atoms with Gasteiger partial charge in [0, 0.05) is 47.7 Å². The molecule has 0 amide bonds. The Balaban J connectivity index is 1.79. The molecule has 2 saturated heterocycles. The molecule has 4 aliphatic rings. The highest BCUT2D eigenvalue weighted by molar-refractivity contribution is 5.93. The van der Waals surface area contributed by atoms with Crippen LogP contribution in [0.5, 0.6) is 11.5 Å². The third-order valence-electron chi connectivity index (χ3n) is 7.69. The molecule has 2 unspecified atom stereocenters. The van der Waals surface area contributed by atoms with Gasteiger partial charge >= 0.3 is 5.97 Å². The average molecular weight is 415 g/mol. The maximum absolute atomic E-state index is 13.5. The smallest absolute Gasteiger partial charge is 0.319 e. The van der Waals surface area contributed by atoms with Gasteiger partial charge < -0.3 is 24.3 Å².